The molecule has 0 fully saturated rings. The van der Waals surface area contributed by atoms with Crippen molar-refractivity contribution < 1.29 is 13.2 Å². The summed E-state index contributed by atoms with van der Waals surface area (Å²) in [5, 5.41) is 3.74. The number of aryl methyl sites for hydroxylation is 1. The Morgan fingerprint density at radius 1 is 0.926 bits per heavy atom. The van der Waals surface area contributed by atoms with E-state index in [0.29, 0.717) is 22.6 Å². The lowest BCUT2D eigenvalue weighted by atomic mass is 10.1. The Morgan fingerprint density at radius 3 is 2.22 bits per heavy atom. The Balaban J connectivity index is 1.70. The zero-order chi connectivity index (χ0) is 19.1. The minimum atomic E-state index is -3.57. The van der Waals surface area contributed by atoms with Crippen molar-refractivity contribution in [3.63, 3.8) is 0 Å². The molecule has 3 rings (SSSR count). The van der Waals surface area contributed by atoms with Crippen LogP contribution in [-0.4, -0.2) is 20.9 Å². The molecule has 0 radical (unpaired) electrons. The van der Waals surface area contributed by atoms with Crippen molar-refractivity contribution in [1.82, 2.24) is 5.32 Å². The third-order valence-electron chi connectivity index (χ3n) is 4.29. The maximum absolute atomic E-state index is 13.0. The van der Waals surface area contributed by atoms with Gasteiger partial charge in [0.2, 0.25) is 5.91 Å². The molecule has 0 unspecified atom stereocenters. The van der Waals surface area contributed by atoms with Crippen molar-refractivity contribution >= 4 is 27.1 Å². The maximum atomic E-state index is 13.0. The van der Waals surface area contributed by atoms with Gasteiger partial charge in [-0.2, -0.15) is 0 Å². The zero-order valence-electron chi connectivity index (χ0n) is 14.7. The predicted octanol–water partition coefficient (Wildman–Crippen LogP) is 4.01. The summed E-state index contributed by atoms with van der Waals surface area (Å²) >= 11 is 1.19. The van der Waals surface area contributed by atoms with E-state index < -0.39 is 15.1 Å². The molecule has 1 atom stereocenters. The van der Waals surface area contributed by atoms with Crippen LogP contribution >= 0.6 is 11.3 Å². The summed E-state index contributed by atoms with van der Waals surface area (Å²) in [7, 11) is -3.57. The minimum Gasteiger partial charge on any atom is -0.354 e. The summed E-state index contributed by atoms with van der Waals surface area (Å²) in [5.41, 5.74) is 1.76. The van der Waals surface area contributed by atoms with E-state index in [2.05, 4.69) is 5.32 Å². The molecule has 0 aliphatic rings. The van der Waals surface area contributed by atoms with Crippen LogP contribution in [0, 0.1) is 0 Å². The fourth-order valence-electron chi connectivity index (χ4n) is 2.84. The molecular formula is C21H21NO3S2. The molecule has 2 aromatic carbocycles. The van der Waals surface area contributed by atoms with Gasteiger partial charge < -0.3 is 5.32 Å². The lowest BCUT2D eigenvalue weighted by molar-refractivity contribution is -0.121. The molecule has 1 aromatic heterocycles. The fraction of sp³-hybridized carbons (Fsp3) is 0.190. The van der Waals surface area contributed by atoms with Crippen molar-refractivity contribution in [3.8, 4) is 0 Å². The first-order chi connectivity index (χ1) is 13.1. The van der Waals surface area contributed by atoms with Crippen LogP contribution in [0.4, 0.5) is 0 Å². The van der Waals surface area contributed by atoms with Gasteiger partial charge in [0.15, 0.2) is 9.84 Å². The van der Waals surface area contributed by atoms with Crippen molar-refractivity contribution in [1.29, 1.82) is 0 Å². The highest BCUT2D eigenvalue weighted by Gasteiger charge is 2.30. The smallest absolute Gasteiger partial charge is 0.220 e. The molecule has 140 valence electrons. The molecule has 4 nitrogen and oxygen atoms in total. The van der Waals surface area contributed by atoms with Crippen molar-refractivity contribution in [2.75, 3.05) is 6.54 Å². The second-order valence-corrected chi connectivity index (χ2v) is 9.47. The first-order valence-corrected chi connectivity index (χ1v) is 11.1. The molecule has 0 spiro atoms. The zero-order valence-corrected chi connectivity index (χ0v) is 16.4. The van der Waals surface area contributed by atoms with Gasteiger partial charge in [0.05, 0.1) is 0 Å². The van der Waals surface area contributed by atoms with Crippen LogP contribution in [0.25, 0.3) is 0 Å². The minimum absolute atomic E-state index is 0.0534. The molecule has 27 heavy (non-hydrogen) atoms. The Kier molecular flexibility index (Phi) is 6.42. The molecule has 1 amide bonds. The summed E-state index contributed by atoms with van der Waals surface area (Å²) in [5.74, 6) is -0.152. The molecule has 0 saturated carbocycles. The number of benzene rings is 2. The molecule has 3 aromatic rings. The summed E-state index contributed by atoms with van der Waals surface area (Å²) in [4.78, 5) is 12.3. The van der Waals surface area contributed by atoms with E-state index >= 15 is 0 Å². The monoisotopic (exact) mass is 399 g/mol. The topological polar surface area (TPSA) is 63.2 Å². The molecule has 0 bridgehead atoms. The highest BCUT2D eigenvalue weighted by molar-refractivity contribution is 7.93. The summed E-state index contributed by atoms with van der Waals surface area (Å²) < 4.78 is 26.4. The molecule has 1 N–H and O–H groups in total. The van der Waals surface area contributed by atoms with Crippen molar-refractivity contribution in [3.05, 3.63) is 89.3 Å². The number of sulfone groups is 1. The molecule has 6 heteroatoms. The first kappa shape index (κ1) is 19.3. The van der Waals surface area contributed by atoms with E-state index in [1.165, 1.54) is 11.3 Å². The van der Waals surface area contributed by atoms with E-state index in [1.54, 1.807) is 29.6 Å². The maximum Gasteiger partial charge on any atom is 0.220 e. The summed E-state index contributed by atoms with van der Waals surface area (Å²) in [6.07, 6.45) is 0.949. The van der Waals surface area contributed by atoms with E-state index in [9.17, 15) is 13.2 Å². The number of nitrogens with one attached hydrogen (secondary N) is 1. The van der Waals surface area contributed by atoms with Crippen molar-refractivity contribution in [2.24, 2.45) is 0 Å². The van der Waals surface area contributed by atoms with Gasteiger partial charge >= 0.3 is 0 Å². The molecule has 0 aliphatic heterocycles. The van der Waals surface area contributed by atoms with E-state index in [4.69, 9.17) is 0 Å². The van der Waals surface area contributed by atoms with E-state index in [1.807, 2.05) is 48.5 Å². The standard InChI is InChI=1S/C21H21NO3S2/c23-20(14-13-17-8-3-1-4-9-17)22-16-19(18-10-5-2-6-11-18)27(24,25)21-12-7-15-26-21/h1-12,15,19H,13-14,16H2,(H,22,23)/t19-/m1/s1. The van der Waals surface area contributed by atoms with Crippen LogP contribution in [0.3, 0.4) is 0 Å². The average molecular weight is 400 g/mol. The van der Waals surface area contributed by atoms with Crippen LogP contribution in [0.2, 0.25) is 0 Å². The third-order valence-corrected chi connectivity index (χ3v) is 7.82. The van der Waals surface area contributed by atoms with Crippen LogP contribution in [-0.2, 0) is 21.1 Å². The highest BCUT2D eigenvalue weighted by atomic mass is 32.2. The lowest BCUT2D eigenvalue weighted by Crippen LogP contribution is -2.31. The van der Waals surface area contributed by atoms with Gasteiger partial charge in [-0.25, -0.2) is 8.42 Å². The Bertz CT molecular complexity index is 953. The number of carbonyl (C=O) groups excluding carboxylic acids is 1. The van der Waals surface area contributed by atoms with Gasteiger partial charge in [0, 0.05) is 13.0 Å². The predicted molar refractivity (Wildman–Crippen MR) is 108 cm³/mol. The summed E-state index contributed by atoms with van der Waals surface area (Å²) in [6, 6.07) is 22.1. The molecule has 0 aliphatic carbocycles. The number of hydrogen-bond donors (Lipinski definition) is 1. The Hall–Kier alpha value is -2.44. The number of thiophene rings is 1. The SMILES string of the molecule is O=C(CCc1ccccc1)NC[C@H](c1ccccc1)S(=O)(=O)c1cccs1. The highest BCUT2D eigenvalue weighted by Crippen LogP contribution is 2.31. The third kappa shape index (κ3) is 5.05. The number of rotatable bonds is 8. The lowest BCUT2D eigenvalue weighted by Gasteiger charge is -2.18. The number of carbonyl (C=O) groups is 1. The summed E-state index contributed by atoms with van der Waals surface area (Å²) in [6.45, 7) is 0.0534. The van der Waals surface area contributed by atoms with Gasteiger partial charge in [0.25, 0.3) is 0 Å². The van der Waals surface area contributed by atoms with Gasteiger partial charge in [0.1, 0.15) is 9.46 Å². The van der Waals surface area contributed by atoms with Gasteiger partial charge in [-0.3, -0.25) is 4.79 Å². The number of amides is 1. The fourth-order valence-corrected chi connectivity index (χ4v) is 5.70. The molecule has 1 heterocycles. The normalized spacial score (nSPS) is 12.4. The molecular weight excluding hydrogens is 378 g/mol. The van der Waals surface area contributed by atoms with Crippen molar-refractivity contribution in [2.45, 2.75) is 22.3 Å². The van der Waals surface area contributed by atoms with Crippen LogP contribution < -0.4 is 5.32 Å². The van der Waals surface area contributed by atoms with Crippen LogP contribution in [0.1, 0.15) is 22.8 Å². The largest absolute Gasteiger partial charge is 0.354 e. The average Bonchev–Trinajstić information content (AvgIpc) is 3.24. The number of hydrogen-bond acceptors (Lipinski definition) is 4. The first-order valence-electron chi connectivity index (χ1n) is 8.70. The quantitative estimate of drug-likeness (QED) is 0.622. The van der Waals surface area contributed by atoms with Gasteiger partial charge in [-0.1, -0.05) is 66.7 Å². The van der Waals surface area contributed by atoms with E-state index in [-0.39, 0.29) is 12.5 Å². The Labute approximate surface area is 163 Å². The molecule has 0 saturated heterocycles. The van der Waals surface area contributed by atoms with E-state index in [0.717, 1.165) is 5.56 Å². The Morgan fingerprint density at radius 2 is 1.59 bits per heavy atom. The second kappa shape index (κ2) is 8.97. The van der Waals surface area contributed by atoms with Gasteiger partial charge in [-0.05, 0) is 29.0 Å². The van der Waals surface area contributed by atoms with Gasteiger partial charge in [-0.15, -0.1) is 11.3 Å². The second-order valence-electron chi connectivity index (χ2n) is 6.17. The van der Waals surface area contributed by atoms with Crippen LogP contribution in [0.15, 0.2) is 82.4 Å². The van der Waals surface area contributed by atoms with Crippen LogP contribution in [0.5, 0.6) is 0 Å².